The largest absolute Gasteiger partial charge is 0.416 e. The fourth-order valence-corrected chi connectivity index (χ4v) is 4.35. The van der Waals surface area contributed by atoms with Crippen molar-refractivity contribution < 1.29 is 22.8 Å². The first-order valence-electron chi connectivity index (χ1n) is 8.11. The number of nitrogens with zero attached hydrogens (tertiary/aromatic N) is 1. The van der Waals surface area contributed by atoms with Crippen LogP contribution in [0.5, 0.6) is 0 Å². The molecule has 0 spiro atoms. The van der Waals surface area contributed by atoms with E-state index >= 15 is 0 Å². The third-order valence-corrected chi connectivity index (χ3v) is 5.43. The lowest BCUT2D eigenvalue weighted by Gasteiger charge is -2.27. The second-order valence-corrected chi connectivity index (χ2v) is 6.76. The van der Waals surface area contributed by atoms with Crippen LogP contribution in [0.1, 0.15) is 24.8 Å². The Kier molecular flexibility index (Phi) is 3.34. The Balaban J connectivity index is 1.74. The molecule has 3 aliphatic carbocycles. The number of hydrogen-bond acceptors (Lipinski definition) is 2. The Hall–Kier alpha value is -2.11. The molecule has 6 heteroatoms. The van der Waals surface area contributed by atoms with Crippen LogP contribution in [-0.4, -0.2) is 11.8 Å². The van der Waals surface area contributed by atoms with Crippen molar-refractivity contribution in [1.29, 1.82) is 0 Å². The molecule has 0 aromatic heterocycles. The van der Waals surface area contributed by atoms with Gasteiger partial charge in [0.2, 0.25) is 11.8 Å². The summed E-state index contributed by atoms with van der Waals surface area (Å²) in [5, 5.41) is 0. The zero-order chi connectivity index (χ0) is 17.1. The number of carbonyl (C=O) groups excluding carboxylic acids is 2. The van der Waals surface area contributed by atoms with Gasteiger partial charge in [-0.15, -0.1) is 0 Å². The molecule has 1 saturated heterocycles. The number of imide groups is 1. The highest BCUT2D eigenvalue weighted by molar-refractivity contribution is 6.22. The molecule has 126 valence electrons. The minimum absolute atomic E-state index is 0.0148. The maximum Gasteiger partial charge on any atom is 0.416 e. The molecular weight excluding hydrogens is 319 g/mol. The summed E-state index contributed by atoms with van der Waals surface area (Å²) in [5.74, 6) is -1.53. The lowest BCUT2D eigenvalue weighted by molar-refractivity contribution is -0.137. The van der Waals surface area contributed by atoms with E-state index in [1.54, 1.807) is 0 Å². The SMILES string of the molecule is O=C1[C@@H]2C3C=CC(CCC3)[C@@H]2C(=O)N1c1cccc(C(F)(F)F)c1. The number of rotatable bonds is 1. The van der Waals surface area contributed by atoms with Crippen LogP contribution in [-0.2, 0) is 15.8 Å². The van der Waals surface area contributed by atoms with Crippen LogP contribution in [0.15, 0.2) is 36.4 Å². The van der Waals surface area contributed by atoms with E-state index in [0.717, 1.165) is 36.3 Å². The summed E-state index contributed by atoms with van der Waals surface area (Å²) in [6, 6.07) is 4.46. The molecule has 1 aromatic carbocycles. The summed E-state index contributed by atoms with van der Waals surface area (Å²) in [6.07, 6.45) is 2.19. The topological polar surface area (TPSA) is 37.4 Å². The molecule has 0 N–H and O–H groups in total. The Morgan fingerprint density at radius 2 is 1.54 bits per heavy atom. The molecule has 4 aliphatic rings. The Labute approximate surface area is 137 Å². The average molecular weight is 335 g/mol. The molecule has 1 heterocycles. The molecule has 2 bridgehead atoms. The van der Waals surface area contributed by atoms with Crippen molar-refractivity contribution in [2.24, 2.45) is 23.7 Å². The quantitative estimate of drug-likeness (QED) is 0.578. The molecule has 0 radical (unpaired) electrons. The van der Waals surface area contributed by atoms with Crippen molar-refractivity contribution in [3.8, 4) is 0 Å². The van der Waals surface area contributed by atoms with Crippen LogP contribution in [0.2, 0.25) is 0 Å². The van der Waals surface area contributed by atoms with Gasteiger partial charge in [0.15, 0.2) is 0 Å². The fraction of sp³-hybridized carbons (Fsp3) is 0.444. The molecule has 1 aromatic rings. The number of benzene rings is 1. The van der Waals surface area contributed by atoms with Gasteiger partial charge in [-0.25, -0.2) is 0 Å². The molecule has 2 fully saturated rings. The fourth-order valence-electron chi connectivity index (χ4n) is 4.35. The van der Waals surface area contributed by atoms with E-state index in [0.29, 0.717) is 0 Å². The van der Waals surface area contributed by atoms with Gasteiger partial charge in [0.05, 0.1) is 23.1 Å². The second kappa shape index (κ2) is 5.19. The molecule has 4 atom stereocenters. The van der Waals surface area contributed by atoms with E-state index in [4.69, 9.17) is 0 Å². The third kappa shape index (κ3) is 2.19. The van der Waals surface area contributed by atoms with Crippen molar-refractivity contribution >= 4 is 17.5 Å². The summed E-state index contributed by atoms with van der Waals surface area (Å²) in [5.41, 5.74) is -0.832. The normalized spacial score (nSPS) is 32.2. The molecule has 3 nitrogen and oxygen atoms in total. The number of alkyl halides is 3. The highest BCUT2D eigenvalue weighted by Crippen LogP contribution is 2.49. The van der Waals surface area contributed by atoms with Gasteiger partial charge in [0.1, 0.15) is 0 Å². The Bertz CT molecular complexity index is 708. The monoisotopic (exact) mass is 335 g/mol. The van der Waals surface area contributed by atoms with Gasteiger partial charge < -0.3 is 0 Å². The smallest absolute Gasteiger partial charge is 0.274 e. The van der Waals surface area contributed by atoms with E-state index in [9.17, 15) is 22.8 Å². The zero-order valence-corrected chi connectivity index (χ0v) is 12.8. The van der Waals surface area contributed by atoms with Gasteiger partial charge in [0.25, 0.3) is 0 Å². The summed E-state index contributed by atoms with van der Waals surface area (Å²) < 4.78 is 38.8. The van der Waals surface area contributed by atoms with Gasteiger partial charge in [-0.2, -0.15) is 13.2 Å². The van der Waals surface area contributed by atoms with Crippen molar-refractivity contribution in [2.75, 3.05) is 4.90 Å². The first-order valence-corrected chi connectivity index (χ1v) is 8.11. The number of fused-ring (bicyclic) bond motifs is 2. The summed E-state index contributed by atoms with van der Waals surface area (Å²) in [4.78, 5) is 26.7. The molecule has 1 saturated carbocycles. The summed E-state index contributed by atoms with van der Waals surface area (Å²) >= 11 is 0. The summed E-state index contributed by atoms with van der Waals surface area (Å²) in [6.45, 7) is 0. The van der Waals surface area contributed by atoms with Gasteiger partial charge >= 0.3 is 6.18 Å². The lowest BCUT2D eigenvalue weighted by Crippen LogP contribution is -2.32. The minimum Gasteiger partial charge on any atom is -0.274 e. The van der Waals surface area contributed by atoms with E-state index in [1.807, 2.05) is 12.2 Å². The maximum atomic E-state index is 12.9. The maximum absolute atomic E-state index is 12.9. The number of allylic oxidation sites excluding steroid dienone is 2. The van der Waals surface area contributed by atoms with Gasteiger partial charge in [-0.3, -0.25) is 14.5 Å². The minimum atomic E-state index is -4.51. The number of hydrogen-bond donors (Lipinski definition) is 0. The van der Waals surface area contributed by atoms with Crippen molar-refractivity contribution in [1.82, 2.24) is 0 Å². The highest BCUT2D eigenvalue weighted by atomic mass is 19.4. The van der Waals surface area contributed by atoms with Crippen molar-refractivity contribution in [2.45, 2.75) is 25.4 Å². The van der Waals surface area contributed by atoms with Gasteiger partial charge in [0, 0.05) is 0 Å². The van der Waals surface area contributed by atoms with Crippen molar-refractivity contribution in [3.05, 3.63) is 42.0 Å². The van der Waals surface area contributed by atoms with E-state index in [1.165, 1.54) is 12.1 Å². The number of amides is 2. The van der Waals surface area contributed by atoms with Crippen LogP contribution >= 0.6 is 0 Å². The third-order valence-electron chi connectivity index (χ3n) is 5.43. The van der Waals surface area contributed by atoms with Crippen molar-refractivity contribution in [3.63, 3.8) is 0 Å². The van der Waals surface area contributed by atoms with Gasteiger partial charge in [-0.1, -0.05) is 24.6 Å². The standard InChI is InChI=1S/C18H16F3NO2/c19-18(20,21)12-5-2-6-13(9-12)22-16(23)14-10-3-1-4-11(8-7-10)15(14)17(22)24/h2,5-11,14-15H,1,3-4H2/t10?,11?,14-,15+. The van der Waals surface area contributed by atoms with E-state index in [-0.39, 0.29) is 29.3 Å². The van der Waals surface area contributed by atoms with Crippen LogP contribution in [0, 0.1) is 23.7 Å². The molecule has 2 amide bonds. The molecule has 24 heavy (non-hydrogen) atoms. The number of anilines is 1. The van der Waals surface area contributed by atoms with Crippen LogP contribution in [0.4, 0.5) is 18.9 Å². The Morgan fingerprint density at radius 3 is 2.08 bits per heavy atom. The average Bonchev–Trinajstić information content (AvgIpc) is 2.74. The predicted molar refractivity (Wildman–Crippen MR) is 80.9 cm³/mol. The van der Waals surface area contributed by atoms with E-state index < -0.39 is 23.6 Å². The van der Waals surface area contributed by atoms with Crippen LogP contribution in [0.3, 0.4) is 0 Å². The molecule has 2 unspecified atom stereocenters. The first kappa shape index (κ1) is 15.4. The zero-order valence-electron chi connectivity index (χ0n) is 12.8. The first-order chi connectivity index (χ1) is 11.4. The van der Waals surface area contributed by atoms with E-state index in [2.05, 4.69) is 0 Å². The number of halogens is 3. The lowest BCUT2D eigenvalue weighted by atomic mass is 9.73. The second-order valence-electron chi connectivity index (χ2n) is 6.76. The van der Waals surface area contributed by atoms with Crippen LogP contribution < -0.4 is 4.90 Å². The van der Waals surface area contributed by atoms with Crippen LogP contribution in [0.25, 0.3) is 0 Å². The molecule has 1 aliphatic heterocycles. The number of carbonyl (C=O) groups is 2. The van der Waals surface area contributed by atoms with Gasteiger partial charge in [-0.05, 0) is 42.9 Å². The molecular formula is C18H16F3NO2. The molecule has 5 rings (SSSR count). The predicted octanol–water partition coefficient (Wildman–Crippen LogP) is 3.80. The summed E-state index contributed by atoms with van der Waals surface area (Å²) in [7, 11) is 0. The highest BCUT2D eigenvalue weighted by Gasteiger charge is 2.55. The Morgan fingerprint density at radius 1 is 0.958 bits per heavy atom.